The maximum Gasteiger partial charge on any atom is 0.0719 e. The lowest BCUT2D eigenvalue weighted by Gasteiger charge is -2.15. The van der Waals surface area contributed by atoms with Crippen LogP contribution in [0, 0.1) is 0 Å². The predicted molar refractivity (Wildman–Crippen MR) is 59.6 cm³/mol. The summed E-state index contributed by atoms with van der Waals surface area (Å²) in [5, 5.41) is 0.757. The van der Waals surface area contributed by atoms with E-state index in [9.17, 15) is 0 Å². The van der Waals surface area contributed by atoms with E-state index in [2.05, 4.69) is 4.84 Å². The van der Waals surface area contributed by atoms with Crippen molar-refractivity contribution in [3.05, 3.63) is 28.8 Å². The minimum absolute atomic E-state index is 0.522. The lowest BCUT2D eigenvalue weighted by Crippen LogP contribution is -2.10. The standard InChI is InChI=1S/C10H15ClN2O/c1-13(2)10-7-8(5-6-14-12)3-4-9(10)11/h3-4,7H,5-6,12H2,1-2H3. The molecule has 0 aliphatic rings. The molecule has 78 valence electrons. The Bertz CT molecular complexity index is 302. The average molecular weight is 215 g/mol. The molecule has 0 saturated carbocycles. The van der Waals surface area contributed by atoms with Crippen molar-refractivity contribution in [1.82, 2.24) is 0 Å². The summed E-state index contributed by atoms with van der Waals surface area (Å²) < 4.78 is 0. The molecule has 0 spiro atoms. The molecule has 0 unspecified atom stereocenters. The molecule has 0 fully saturated rings. The van der Waals surface area contributed by atoms with Gasteiger partial charge in [-0.2, -0.15) is 0 Å². The third kappa shape index (κ3) is 2.87. The summed E-state index contributed by atoms with van der Waals surface area (Å²) in [6.07, 6.45) is 0.800. The molecule has 1 aromatic carbocycles. The third-order valence-corrected chi connectivity index (χ3v) is 2.32. The first kappa shape index (κ1) is 11.3. The normalized spacial score (nSPS) is 10.3. The highest BCUT2D eigenvalue weighted by Crippen LogP contribution is 2.25. The number of anilines is 1. The fourth-order valence-corrected chi connectivity index (χ4v) is 1.52. The monoisotopic (exact) mass is 214 g/mol. The molecule has 4 heteroatoms. The van der Waals surface area contributed by atoms with Gasteiger partial charge in [0.1, 0.15) is 0 Å². The highest BCUT2D eigenvalue weighted by molar-refractivity contribution is 6.33. The van der Waals surface area contributed by atoms with Crippen molar-refractivity contribution in [2.75, 3.05) is 25.6 Å². The van der Waals surface area contributed by atoms with E-state index in [1.54, 1.807) is 0 Å². The summed E-state index contributed by atoms with van der Waals surface area (Å²) in [5.41, 5.74) is 2.18. The van der Waals surface area contributed by atoms with Gasteiger partial charge in [-0.05, 0) is 24.1 Å². The Morgan fingerprint density at radius 3 is 2.71 bits per heavy atom. The Morgan fingerprint density at radius 2 is 2.14 bits per heavy atom. The lowest BCUT2D eigenvalue weighted by atomic mass is 10.1. The minimum Gasteiger partial charge on any atom is -0.376 e. The summed E-state index contributed by atoms with van der Waals surface area (Å²) in [6, 6.07) is 5.92. The molecule has 1 aromatic rings. The van der Waals surface area contributed by atoms with E-state index in [4.69, 9.17) is 17.5 Å². The van der Waals surface area contributed by atoms with Gasteiger partial charge in [0.2, 0.25) is 0 Å². The quantitative estimate of drug-likeness (QED) is 0.778. The molecule has 0 amide bonds. The average Bonchev–Trinajstić information content (AvgIpc) is 2.16. The molecule has 0 bridgehead atoms. The molecule has 0 aliphatic heterocycles. The first-order valence-corrected chi connectivity index (χ1v) is 4.80. The van der Waals surface area contributed by atoms with Crippen LogP contribution in [0.5, 0.6) is 0 Å². The lowest BCUT2D eigenvalue weighted by molar-refractivity contribution is 0.141. The van der Waals surface area contributed by atoms with E-state index in [0.29, 0.717) is 6.61 Å². The fourth-order valence-electron chi connectivity index (χ4n) is 1.23. The molecular weight excluding hydrogens is 200 g/mol. The van der Waals surface area contributed by atoms with Crippen molar-refractivity contribution in [2.45, 2.75) is 6.42 Å². The van der Waals surface area contributed by atoms with Gasteiger partial charge in [0.25, 0.3) is 0 Å². The summed E-state index contributed by atoms with van der Waals surface area (Å²) in [4.78, 5) is 6.51. The van der Waals surface area contributed by atoms with Gasteiger partial charge in [0, 0.05) is 14.1 Å². The molecule has 0 aromatic heterocycles. The number of hydrogen-bond donors (Lipinski definition) is 1. The molecule has 0 saturated heterocycles. The molecule has 14 heavy (non-hydrogen) atoms. The molecular formula is C10H15ClN2O. The Hall–Kier alpha value is -0.770. The zero-order chi connectivity index (χ0) is 10.6. The van der Waals surface area contributed by atoms with Crippen LogP contribution in [0.3, 0.4) is 0 Å². The van der Waals surface area contributed by atoms with Crippen molar-refractivity contribution >= 4 is 17.3 Å². The Kier molecular flexibility index (Phi) is 4.20. The first-order chi connectivity index (χ1) is 6.65. The second-order valence-corrected chi connectivity index (χ2v) is 3.71. The highest BCUT2D eigenvalue weighted by Gasteiger charge is 2.03. The van der Waals surface area contributed by atoms with E-state index < -0.39 is 0 Å². The Balaban J connectivity index is 2.83. The number of rotatable bonds is 4. The van der Waals surface area contributed by atoms with E-state index >= 15 is 0 Å². The molecule has 3 nitrogen and oxygen atoms in total. The van der Waals surface area contributed by atoms with Crippen LogP contribution < -0.4 is 10.8 Å². The van der Waals surface area contributed by atoms with E-state index in [1.165, 1.54) is 5.56 Å². The largest absolute Gasteiger partial charge is 0.376 e. The number of nitrogens with two attached hydrogens (primary N) is 1. The topological polar surface area (TPSA) is 38.5 Å². The number of halogens is 1. The maximum atomic E-state index is 6.03. The van der Waals surface area contributed by atoms with Crippen molar-refractivity contribution in [3.63, 3.8) is 0 Å². The van der Waals surface area contributed by atoms with Gasteiger partial charge >= 0.3 is 0 Å². The van der Waals surface area contributed by atoms with Gasteiger partial charge in [-0.15, -0.1) is 0 Å². The summed E-state index contributed by atoms with van der Waals surface area (Å²) in [5.74, 6) is 4.97. The van der Waals surface area contributed by atoms with Crippen LogP contribution in [-0.2, 0) is 11.3 Å². The van der Waals surface area contributed by atoms with Gasteiger partial charge in [-0.25, -0.2) is 5.90 Å². The highest BCUT2D eigenvalue weighted by atomic mass is 35.5. The fraction of sp³-hybridized carbons (Fsp3) is 0.400. The number of benzene rings is 1. The maximum absolute atomic E-state index is 6.03. The van der Waals surface area contributed by atoms with Gasteiger partial charge in [-0.3, -0.25) is 0 Å². The first-order valence-electron chi connectivity index (χ1n) is 4.42. The van der Waals surface area contributed by atoms with Crippen LogP contribution in [0.2, 0.25) is 5.02 Å². The summed E-state index contributed by atoms with van der Waals surface area (Å²) in [6.45, 7) is 0.522. The Labute approximate surface area is 89.4 Å². The molecule has 0 radical (unpaired) electrons. The van der Waals surface area contributed by atoms with E-state index in [1.807, 2.05) is 37.2 Å². The van der Waals surface area contributed by atoms with E-state index in [-0.39, 0.29) is 0 Å². The number of nitrogens with zero attached hydrogens (tertiary/aromatic N) is 1. The van der Waals surface area contributed by atoms with Crippen LogP contribution in [0.4, 0.5) is 5.69 Å². The SMILES string of the molecule is CN(C)c1cc(CCON)ccc1Cl. The Morgan fingerprint density at radius 1 is 1.43 bits per heavy atom. The van der Waals surface area contributed by atoms with Crippen molar-refractivity contribution in [2.24, 2.45) is 5.90 Å². The second kappa shape index (κ2) is 5.20. The van der Waals surface area contributed by atoms with Crippen molar-refractivity contribution in [1.29, 1.82) is 0 Å². The van der Waals surface area contributed by atoms with Gasteiger partial charge in [0.05, 0.1) is 17.3 Å². The zero-order valence-electron chi connectivity index (χ0n) is 8.46. The van der Waals surface area contributed by atoms with Crippen LogP contribution in [0.1, 0.15) is 5.56 Å². The molecule has 0 aliphatic carbocycles. The van der Waals surface area contributed by atoms with Crippen molar-refractivity contribution < 1.29 is 4.84 Å². The molecule has 0 heterocycles. The van der Waals surface area contributed by atoms with Crippen LogP contribution in [0.25, 0.3) is 0 Å². The molecule has 0 atom stereocenters. The molecule has 2 N–H and O–H groups in total. The van der Waals surface area contributed by atoms with Gasteiger partial charge < -0.3 is 9.74 Å². The molecule has 1 rings (SSSR count). The van der Waals surface area contributed by atoms with Crippen molar-refractivity contribution in [3.8, 4) is 0 Å². The van der Waals surface area contributed by atoms with Crippen LogP contribution in [-0.4, -0.2) is 20.7 Å². The summed E-state index contributed by atoms with van der Waals surface area (Å²) >= 11 is 6.03. The predicted octanol–water partition coefficient (Wildman–Crippen LogP) is 1.84. The van der Waals surface area contributed by atoms with Gasteiger partial charge in [0.15, 0.2) is 0 Å². The third-order valence-electron chi connectivity index (χ3n) is 2.00. The van der Waals surface area contributed by atoms with Crippen LogP contribution >= 0.6 is 11.6 Å². The smallest absolute Gasteiger partial charge is 0.0719 e. The zero-order valence-corrected chi connectivity index (χ0v) is 9.21. The van der Waals surface area contributed by atoms with E-state index in [0.717, 1.165) is 17.1 Å². The minimum atomic E-state index is 0.522. The second-order valence-electron chi connectivity index (χ2n) is 3.30. The van der Waals surface area contributed by atoms with Gasteiger partial charge in [-0.1, -0.05) is 17.7 Å². The summed E-state index contributed by atoms with van der Waals surface area (Å²) in [7, 11) is 3.93. The van der Waals surface area contributed by atoms with Crippen LogP contribution in [0.15, 0.2) is 18.2 Å². The number of hydrogen-bond acceptors (Lipinski definition) is 3.